The Labute approximate surface area is 148 Å². The van der Waals surface area contributed by atoms with Crippen LogP contribution in [0, 0.1) is 5.92 Å². The molecule has 0 aliphatic heterocycles. The fourth-order valence-electron chi connectivity index (χ4n) is 1.66. The molecule has 1 aromatic carbocycles. The first kappa shape index (κ1) is 20.9. The van der Waals surface area contributed by atoms with E-state index in [0.29, 0.717) is 6.92 Å². The summed E-state index contributed by atoms with van der Waals surface area (Å²) in [5, 5.41) is 14.3. The van der Waals surface area contributed by atoms with Gasteiger partial charge in [0.2, 0.25) is 0 Å². The fourth-order valence-corrected chi connectivity index (χ4v) is 2.24. The molecule has 0 bridgehead atoms. The summed E-state index contributed by atoms with van der Waals surface area (Å²) in [7, 11) is 0. The van der Waals surface area contributed by atoms with Crippen molar-refractivity contribution in [2.75, 3.05) is 5.32 Å². The van der Waals surface area contributed by atoms with Crippen molar-refractivity contribution in [3.63, 3.8) is 0 Å². The van der Waals surface area contributed by atoms with Crippen LogP contribution in [0.4, 0.5) is 23.7 Å². The van der Waals surface area contributed by atoms with Gasteiger partial charge in [0.05, 0.1) is 15.7 Å². The molecule has 2 atom stereocenters. The van der Waals surface area contributed by atoms with Crippen molar-refractivity contribution in [3.05, 3.63) is 27.7 Å². The van der Waals surface area contributed by atoms with Crippen LogP contribution in [-0.2, 0) is 5.60 Å². The number of benzene rings is 1. The molecule has 0 saturated carbocycles. The minimum absolute atomic E-state index is 0.0338. The first-order valence-corrected chi connectivity index (χ1v) is 7.89. The van der Waals surface area contributed by atoms with Crippen molar-refractivity contribution in [1.29, 1.82) is 0 Å². The minimum atomic E-state index is -4.90. The summed E-state index contributed by atoms with van der Waals surface area (Å²) < 4.78 is 38.7. The standard InChI is InChI=1S/C15H19Cl2F3N2O2/c1-7(2)8(3)21-13(23)22-12-10(16)5-9(6-11(12)17)14(4,24)15(18,19)20/h5-8,24H,1-4H3,(H2,21,22,23)/t8-,14?/m1/s1. The first-order chi connectivity index (χ1) is 10.8. The lowest BCUT2D eigenvalue weighted by atomic mass is 9.95. The van der Waals surface area contributed by atoms with E-state index in [9.17, 15) is 23.1 Å². The Kier molecular flexibility index (Phi) is 6.41. The maximum Gasteiger partial charge on any atom is 0.421 e. The zero-order valence-corrected chi connectivity index (χ0v) is 15.1. The number of amides is 2. The Bertz CT molecular complexity index is 596. The molecule has 136 valence electrons. The molecule has 0 aliphatic rings. The highest BCUT2D eigenvalue weighted by molar-refractivity contribution is 6.39. The highest BCUT2D eigenvalue weighted by Crippen LogP contribution is 2.42. The predicted octanol–water partition coefficient (Wildman–Crippen LogP) is 4.93. The number of hydrogen-bond donors (Lipinski definition) is 3. The smallest absolute Gasteiger partial charge is 0.376 e. The van der Waals surface area contributed by atoms with E-state index < -0.39 is 23.4 Å². The van der Waals surface area contributed by atoms with Crippen LogP contribution in [0.2, 0.25) is 10.0 Å². The van der Waals surface area contributed by atoms with Crippen molar-refractivity contribution in [2.24, 2.45) is 5.92 Å². The summed E-state index contributed by atoms with van der Waals surface area (Å²) >= 11 is 11.9. The number of aliphatic hydroxyl groups is 1. The van der Waals surface area contributed by atoms with Gasteiger partial charge in [0, 0.05) is 6.04 Å². The second-order valence-corrected chi connectivity index (χ2v) is 6.83. The van der Waals surface area contributed by atoms with E-state index in [1.807, 2.05) is 13.8 Å². The molecule has 3 N–H and O–H groups in total. The monoisotopic (exact) mass is 386 g/mol. The van der Waals surface area contributed by atoms with Crippen LogP contribution in [0.15, 0.2) is 12.1 Å². The number of hydrogen-bond acceptors (Lipinski definition) is 2. The number of rotatable bonds is 4. The molecular weight excluding hydrogens is 368 g/mol. The highest BCUT2D eigenvalue weighted by Gasteiger charge is 2.51. The van der Waals surface area contributed by atoms with Gasteiger partial charge in [-0.1, -0.05) is 37.0 Å². The lowest BCUT2D eigenvalue weighted by Gasteiger charge is -2.27. The van der Waals surface area contributed by atoms with Crippen molar-refractivity contribution in [3.8, 4) is 0 Å². The van der Waals surface area contributed by atoms with Gasteiger partial charge in [0.1, 0.15) is 0 Å². The third-order valence-electron chi connectivity index (χ3n) is 3.75. The van der Waals surface area contributed by atoms with Crippen molar-refractivity contribution in [1.82, 2.24) is 5.32 Å². The minimum Gasteiger partial charge on any atom is -0.376 e. The maximum atomic E-state index is 12.9. The van der Waals surface area contributed by atoms with Crippen LogP contribution in [-0.4, -0.2) is 23.4 Å². The fraction of sp³-hybridized carbons (Fsp3) is 0.533. The van der Waals surface area contributed by atoms with Crippen molar-refractivity contribution >= 4 is 34.9 Å². The number of nitrogens with one attached hydrogen (secondary N) is 2. The van der Waals surface area contributed by atoms with Gasteiger partial charge in [-0.15, -0.1) is 0 Å². The molecular formula is C15H19Cl2F3N2O2. The second kappa shape index (κ2) is 7.37. The van der Waals surface area contributed by atoms with E-state index >= 15 is 0 Å². The summed E-state index contributed by atoms with van der Waals surface area (Å²) in [5.41, 5.74) is -3.67. The molecule has 0 radical (unpaired) electrons. The number of halogens is 5. The summed E-state index contributed by atoms with van der Waals surface area (Å²) in [6, 6.07) is 1.12. The molecule has 0 aromatic heterocycles. The van der Waals surface area contributed by atoms with Gasteiger partial charge in [-0.2, -0.15) is 13.2 Å². The molecule has 2 amide bonds. The Morgan fingerprint density at radius 3 is 2.00 bits per heavy atom. The van der Waals surface area contributed by atoms with Crippen LogP contribution in [0.3, 0.4) is 0 Å². The highest BCUT2D eigenvalue weighted by atomic mass is 35.5. The molecule has 9 heteroatoms. The van der Waals surface area contributed by atoms with Crippen molar-refractivity contribution < 1.29 is 23.1 Å². The average molecular weight is 387 g/mol. The third-order valence-corrected chi connectivity index (χ3v) is 4.35. The van der Waals surface area contributed by atoms with Gasteiger partial charge in [-0.3, -0.25) is 0 Å². The van der Waals surface area contributed by atoms with Gasteiger partial charge < -0.3 is 15.7 Å². The normalized spacial score (nSPS) is 15.8. The van der Waals surface area contributed by atoms with E-state index in [1.165, 1.54) is 0 Å². The molecule has 0 heterocycles. The topological polar surface area (TPSA) is 61.4 Å². The van der Waals surface area contributed by atoms with Crippen molar-refractivity contribution in [2.45, 2.75) is 45.5 Å². The Morgan fingerprint density at radius 1 is 1.17 bits per heavy atom. The molecule has 0 fully saturated rings. The maximum absolute atomic E-state index is 12.9. The Morgan fingerprint density at radius 2 is 1.62 bits per heavy atom. The molecule has 0 aliphatic carbocycles. The van der Waals surface area contributed by atoms with E-state index in [4.69, 9.17) is 23.2 Å². The molecule has 0 spiro atoms. The Balaban J connectivity index is 3.07. The molecule has 0 saturated heterocycles. The SMILES string of the molecule is CC(C)[C@@H](C)NC(=O)Nc1c(Cl)cc(C(C)(O)C(F)(F)F)cc1Cl. The zero-order chi connectivity index (χ0) is 18.9. The number of urea groups is 1. The number of anilines is 1. The molecule has 1 rings (SSSR count). The zero-order valence-electron chi connectivity index (χ0n) is 13.6. The van der Waals surface area contributed by atoms with Gasteiger partial charge in [-0.05, 0) is 37.5 Å². The number of alkyl halides is 3. The van der Waals surface area contributed by atoms with E-state index in [1.54, 1.807) is 6.92 Å². The van der Waals surface area contributed by atoms with Gasteiger partial charge in [0.25, 0.3) is 0 Å². The average Bonchev–Trinajstić information content (AvgIpc) is 2.41. The second-order valence-electron chi connectivity index (χ2n) is 6.02. The van der Waals surface area contributed by atoms with Crippen LogP contribution >= 0.6 is 23.2 Å². The third kappa shape index (κ3) is 4.68. The van der Waals surface area contributed by atoms with Crippen LogP contribution in [0.25, 0.3) is 0 Å². The van der Waals surface area contributed by atoms with E-state index in [0.717, 1.165) is 12.1 Å². The Hall–Kier alpha value is -1.18. The summed E-state index contributed by atoms with van der Waals surface area (Å²) in [4.78, 5) is 11.9. The number of carbonyl (C=O) groups excluding carboxylic acids is 1. The quantitative estimate of drug-likeness (QED) is 0.686. The molecule has 1 unspecified atom stereocenters. The predicted molar refractivity (Wildman–Crippen MR) is 88.5 cm³/mol. The molecule has 1 aromatic rings. The van der Waals surface area contributed by atoms with E-state index in [2.05, 4.69) is 10.6 Å². The van der Waals surface area contributed by atoms with Gasteiger partial charge in [0.15, 0.2) is 5.60 Å². The van der Waals surface area contributed by atoms with Gasteiger partial charge in [-0.25, -0.2) is 4.79 Å². The van der Waals surface area contributed by atoms with Crippen LogP contribution in [0.5, 0.6) is 0 Å². The summed E-state index contributed by atoms with van der Waals surface area (Å²) in [6.45, 7) is 6.23. The lowest BCUT2D eigenvalue weighted by molar-refractivity contribution is -0.258. The summed E-state index contributed by atoms with van der Waals surface area (Å²) in [6.07, 6.45) is -4.90. The largest absolute Gasteiger partial charge is 0.421 e. The van der Waals surface area contributed by atoms with E-state index in [-0.39, 0.29) is 27.7 Å². The summed E-state index contributed by atoms with van der Waals surface area (Å²) in [5.74, 6) is 0.186. The molecule has 24 heavy (non-hydrogen) atoms. The number of carbonyl (C=O) groups is 1. The van der Waals surface area contributed by atoms with Crippen LogP contribution < -0.4 is 10.6 Å². The lowest BCUT2D eigenvalue weighted by Crippen LogP contribution is -2.40. The first-order valence-electron chi connectivity index (χ1n) is 7.13. The van der Waals surface area contributed by atoms with Gasteiger partial charge >= 0.3 is 12.2 Å². The molecule has 4 nitrogen and oxygen atoms in total. The van der Waals surface area contributed by atoms with Crippen LogP contribution in [0.1, 0.15) is 33.3 Å².